The number of hydrogen-bond donors (Lipinski definition) is 1. The highest BCUT2D eigenvalue weighted by molar-refractivity contribution is 6.33. The molecule has 2 heterocycles. The number of nitrogens with zero attached hydrogens (tertiary/aromatic N) is 3. The highest BCUT2D eigenvalue weighted by Crippen LogP contribution is 2.28. The van der Waals surface area contributed by atoms with E-state index in [1.165, 1.54) is 6.33 Å². The zero-order chi connectivity index (χ0) is 17.1. The van der Waals surface area contributed by atoms with Gasteiger partial charge >= 0.3 is 6.09 Å². The van der Waals surface area contributed by atoms with Crippen LogP contribution in [0, 0.1) is 0 Å². The third kappa shape index (κ3) is 4.32. The Morgan fingerprint density at radius 1 is 1.30 bits per heavy atom. The summed E-state index contributed by atoms with van der Waals surface area (Å²) in [6.45, 7) is 8.93. The molecule has 2 rings (SSSR count). The Bertz CT molecular complexity index is 566. The van der Waals surface area contributed by atoms with E-state index in [2.05, 4.69) is 15.4 Å². The van der Waals surface area contributed by atoms with Crippen LogP contribution in [0.5, 0.6) is 0 Å². The van der Waals surface area contributed by atoms with Gasteiger partial charge in [-0.05, 0) is 46.5 Å². The molecule has 1 saturated heterocycles. The fraction of sp³-hybridized carbons (Fsp3) is 0.688. The Balaban J connectivity index is 2.31. The molecule has 0 aromatic carbocycles. The molecule has 1 N–H and O–H groups in total. The number of piperidine rings is 1. The lowest BCUT2D eigenvalue weighted by molar-refractivity contribution is -0.842. The van der Waals surface area contributed by atoms with Gasteiger partial charge in [0.25, 0.3) is 0 Å². The number of aromatic nitrogens is 2. The van der Waals surface area contributed by atoms with E-state index in [0.717, 1.165) is 25.0 Å². The van der Waals surface area contributed by atoms with Crippen molar-refractivity contribution < 1.29 is 14.1 Å². The van der Waals surface area contributed by atoms with Crippen molar-refractivity contribution in [1.29, 1.82) is 0 Å². The van der Waals surface area contributed by atoms with Gasteiger partial charge in [0.2, 0.25) is 0 Å². The van der Waals surface area contributed by atoms with Crippen LogP contribution in [0.15, 0.2) is 6.33 Å². The van der Waals surface area contributed by atoms with Gasteiger partial charge in [-0.25, -0.2) is 15.4 Å². The topological polar surface area (TPSA) is 64.1 Å². The minimum atomic E-state index is -0.536. The van der Waals surface area contributed by atoms with E-state index in [-0.39, 0.29) is 10.7 Å². The van der Waals surface area contributed by atoms with Gasteiger partial charge < -0.3 is 4.74 Å². The molecule has 0 atom stereocenters. The van der Waals surface area contributed by atoms with Crippen LogP contribution >= 0.6 is 11.6 Å². The first-order chi connectivity index (χ1) is 10.8. The van der Waals surface area contributed by atoms with Gasteiger partial charge in [-0.1, -0.05) is 18.5 Å². The Kier molecular flexibility index (Phi) is 5.47. The van der Waals surface area contributed by atoms with E-state index >= 15 is 0 Å². The predicted octanol–water partition coefficient (Wildman–Crippen LogP) is 3.96. The Morgan fingerprint density at radius 2 is 1.96 bits per heavy atom. The molecule has 23 heavy (non-hydrogen) atoms. The molecule has 0 aliphatic carbocycles. The molecule has 7 heteroatoms. The maximum atomic E-state index is 12.8. The molecular weight excluding hydrogens is 316 g/mol. The summed E-state index contributed by atoms with van der Waals surface area (Å²) in [6, 6.07) is 0. The van der Waals surface area contributed by atoms with Crippen LogP contribution in [0.1, 0.15) is 52.7 Å². The number of quaternary nitrogens is 1. The van der Waals surface area contributed by atoms with Gasteiger partial charge in [-0.15, -0.1) is 4.59 Å². The number of halogens is 1. The van der Waals surface area contributed by atoms with Gasteiger partial charge in [0.05, 0.1) is 5.69 Å². The lowest BCUT2D eigenvalue weighted by Gasteiger charge is -2.38. The largest absolute Gasteiger partial charge is 0.541 e. The normalized spacial score (nSPS) is 17.6. The summed E-state index contributed by atoms with van der Waals surface area (Å²) in [5.74, 6) is 0.492. The first-order valence-corrected chi connectivity index (χ1v) is 8.53. The van der Waals surface area contributed by atoms with Crippen LogP contribution in [-0.4, -0.2) is 39.3 Å². The molecule has 0 unspecified atom stereocenters. The summed E-state index contributed by atoms with van der Waals surface area (Å²) in [6.07, 6.45) is 4.92. The Labute approximate surface area is 142 Å². The van der Waals surface area contributed by atoms with Crippen molar-refractivity contribution in [2.75, 3.05) is 18.5 Å². The quantitative estimate of drug-likeness (QED) is 0.843. The van der Waals surface area contributed by atoms with Crippen LogP contribution < -0.4 is 5.43 Å². The summed E-state index contributed by atoms with van der Waals surface area (Å²) >= 11 is 6.38. The number of rotatable bonds is 3. The molecule has 128 valence electrons. The summed E-state index contributed by atoms with van der Waals surface area (Å²) < 4.78 is 5.66. The molecule has 1 aliphatic heterocycles. The van der Waals surface area contributed by atoms with Crippen molar-refractivity contribution >= 4 is 23.5 Å². The summed E-state index contributed by atoms with van der Waals surface area (Å²) in [5.41, 5.74) is 3.47. The molecule has 6 nitrogen and oxygen atoms in total. The first-order valence-electron chi connectivity index (χ1n) is 8.16. The molecule has 1 amide bonds. The highest BCUT2D eigenvalue weighted by atomic mass is 35.5. The van der Waals surface area contributed by atoms with E-state index in [9.17, 15) is 4.79 Å². The maximum Gasteiger partial charge on any atom is 0.541 e. The predicted molar refractivity (Wildman–Crippen MR) is 90.1 cm³/mol. The minimum absolute atomic E-state index is 0.0250. The SMILES string of the molecule is CCc1ncnc(N[N+]2(C(=O)OC(C)(C)C)CCCCC2)c1Cl. The second kappa shape index (κ2) is 7.01. The van der Waals surface area contributed by atoms with Crippen LogP contribution in [0.25, 0.3) is 0 Å². The number of amides is 1. The lowest BCUT2D eigenvalue weighted by atomic mass is 10.1. The third-order valence-electron chi connectivity index (χ3n) is 3.84. The van der Waals surface area contributed by atoms with Gasteiger partial charge in [-0.3, -0.25) is 0 Å². The van der Waals surface area contributed by atoms with Crippen LogP contribution in [0.4, 0.5) is 10.6 Å². The number of hydrogen-bond acceptors (Lipinski definition) is 5. The standard InChI is InChI=1S/C16H26ClN4O2/c1-5-12-13(17)14(19-11-18-12)20-21(9-7-6-8-10-21)15(22)23-16(2,3)4/h11H,5-10H2,1-4H3,(H,18,19,20)/q+1. The number of nitrogens with one attached hydrogen (secondary N) is 1. The van der Waals surface area contributed by atoms with E-state index in [4.69, 9.17) is 16.3 Å². The Hall–Kier alpha value is -1.40. The molecule has 0 saturated carbocycles. The monoisotopic (exact) mass is 341 g/mol. The van der Waals surface area contributed by atoms with Crippen molar-refractivity contribution in [3.63, 3.8) is 0 Å². The van der Waals surface area contributed by atoms with Crippen molar-refractivity contribution in [2.24, 2.45) is 0 Å². The zero-order valence-corrected chi connectivity index (χ0v) is 15.1. The van der Waals surface area contributed by atoms with E-state index in [1.54, 1.807) is 0 Å². The van der Waals surface area contributed by atoms with E-state index < -0.39 is 5.60 Å². The van der Waals surface area contributed by atoms with E-state index in [0.29, 0.717) is 30.4 Å². The second-order valence-corrected chi connectivity index (χ2v) is 7.28. The lowest BCUT2D eigenvalue weighted by Crippen LogP contribution is -2.61. The number of carbonyl (C=O) groups is 1. The van der Waals surface area contributed by atoms with Gasteiger partial charge in [0.1, 0.15) is 30.0 Å². The second-order valence-electron chi connectivity index (χ2n) is 6.90. The number of ether oxygens (including phenoxy) is 1. The summed E-state index contributed by atoms with van der Waals surface area (Å²) in [4.78, 5) is 21.2. The molecule has 1 aliphatic rings. The molecule has 0 bridgehead atoms. The Morgan fingerprint density at radius 3 is 2.52 bits per heavy atom. The molecule has 1 aromatic heterocycles. The van der Waals surface area contributed by atoms with Crippen molar-refractivity contribution in [3.05, 3.63) is 17.0 Å². The number of aryl methyl sites for hydroxylation is 1. The third-order valence-corrected chi connectivity index (χ3v) is 4.24. The summed E-state index contributed by atoms with van der Waals surface area (Å²) in [7, 11) is 0. The number of likely N-dealkylation sites (tertiary alicyclic amines) is 1. The van der Waals surface area contributed by atoms with Crippen LogP contribution in [-0.2, 0) is 11.2 Å². The van der Waals surface area contributed by atoms with Crippen molar-refractivity contribution in [3.8, 4) is 0 Å². The fourth-order valence-corrected chi connectivity index (χ4v) is 2.95. The molecular formula is C16H26ClN4O2+. The zero-order valence-electron chi connectivity index (χ0n) is 14.4. The smallest absolute Gasteiger partial charge is 0.413 e. The first kappa shape index (κ1) is 17.9. The molecule has 1 aromatic rings. The highest BCUT2D eigenvalue weighted by Gasteiger charge is 2.44. The van der Waals surface area contributed by atoms with Gasteiger partial charge in [0, 0.05) is 0 Å². The molecule has 0 radical (unpaired) electrons. The molecule has 0 spiro atoms. The molecule has 1 fully saturated rings. The number of carbonyl (C=O) groups excluding carboxylic acids is 1. The maximum absolute atomic E-state index is 12.8. The van der Waals surface area contributed by atoms with Gasteiger partial charge in [0.15, 0.2) is 5.82 Å². The number of anilines is 1. The van der Waals surface area contributed by atoms with E-state index in [1.807, 2.05) is 27.7 Å². The van der Waals surface area contributed by atoms with Gasteiger partial charge in [-0.2, -0.15) is 4.79 Å². The van der Waals surface area contributed by atoms with Crippen molar-refractivity contribution in [1.82, 2.24) is 9.97 Å². The minimum Gasteiger partial charge on any atom is -0.413 e. The van der Waals surface area contributed by atoms with Crippen LogP contribution in [0.3, 0.4) is 0 Å². The van der Waals surface area contributed by atoms with Crippen molar-refractivity contribution in [2.45, 2.75) is 59.0 Å². The average molecular weight is 342 g/mol. The average Bonchev–Trinajstić information content (AvgIpc) is 2.49. The summed E-state index contributed by atoms with van der Waals surface area (Å²) in [5, 5.41) is 0.474. The van der Waals surface area contributed by atoms with Crippen LogP contribution in [0.2, 0.25) is 5.02 Å². The fourth-order valence-electron chi connectivity index (χ4n) is 2.67.